The summed E-state index contributed by atoms with van der Waals surface area (Å²) in [7, 11) is 0. The van der Waals surface area contributed by atoms with Crippen molar-refractivity contribution >= 4 is 23.4 Å². The maximum absolute atomic E-state index is 13.8. The summed E-state index contributed by atoms with van der Waals surface area (Å²) in [5.41, 5.74) is 0.764. The van der Waals surface area contributed by atoms with Crippen LogP contribution in [-0.4, -0.2) is 29.1 Å². The number of ether oxygens (including phenoxy) is 2. The number of anilines is 2. The Kier molecular flexibility index (Phi) is 4.80. The summed E-state index contributed by atoms with van der Waals surface area (Å²) in [6.45, 7) is 0. The van der Waals surface area contributed by atoms with Gasteiger partial charge >= 0.3 is 6.03 Å². The number of rotatable bonds is 4. The third kappa shape index (κ3) is 3.69. The summed E-state index contributed by atoms with van der Waals surface area (Å²) in [6, 6.07) is 7.11. The van der Waals surface area contributed by atoms with Crippen molar-refractivity contribution in [2.45, 2.75) is 30.9 Å². The minimum absolute atomic E-state index is 0.0953. The molecule has 1 fully saturated rings. The molecular formula is C24H17F3N4O4. The average molecular weight is 482 g/mol. The lowest BCUT2D eigenvalue weighted by Crippen LogP contribution is -2.34. The maximum atomic E-state index is 13.8. The van der Waals surface area contributed by atoms with E-state index in [1.807, 2.05) is 5.32 Å². The van der Waals surface area contributed by atoms with E-state index in [0.717, 1.165) is 17.2 Å². The van der Waals surface area contributed by atoms with Crippen molar-refractivity contribution in [1.29, 1.82) is 0 Å². The van der Waals surface area contributed by atoms with Crippen LogP contribution in [-0.2, 0) is 11.2 Å². The number of nitrogens with one attached hydrogen (secondary N) is 3. The van der Waals surface area contributed by atoms with Crippen LogP contribution in [0.4, 0.5) is 29.5 Å². The third-order valence-electron chi connectivity index (χ3n) is 6.24. The number of fused-ring (bicyclic) bond motifs is 4. The summed E-state index contributed by atoms with van der Waals surface area (Å²) < 4.78 is 52.9. The van der Waals surface area contributed by atoms with Gasteiger partial charge in [-0.3, -0.25) is 4.79 Å². The van der Waals surface area contributed by atoms with Crippen molar-refractivity contribution in [2.75, 3.05) is 10.6 Å². The molecule has 11 heteroatoms. The summed E-state index contributed by atoms with van der Waals surface area (Å²) >= 11 is 0. The standard InChI is InChI=1S/C24H17F3N4O4/c25-13-3-4-14(26)20(19(13)27)30-24(33)31-21-18-12-9-10(1-5-15(12)35-22(18)21)34-16-7-8-28-23-11(16)2-6-17(32)29-23/h1,3-5,7-9,18,21-22H,2,6H2,(H,28,29,32)(H2,30,31,33). The molecule has 3 atom stereocenters. The van der Waals surface area contributed by atoms with Gasteiger partial charge in [-0.05, 0) is 42.8 Å². The number of aromatic nitrogens is 1. The van der Waals surface area contributed by atoms with Crippen LogP contribution in [0, 0.1) is 17.5 Å². The predicted octanol–water partition coefficient (Wildman–Crippen LogP) is 4.22. The SMILES string of the molecule is O=C1CCc2c(Oc3ccc4c(c3)C3C(NC(=O)Nc5c(F)ccc(F)c5F)C3O4)ccnc2N1. The average Bonchev–Trinajstić information content (AvgIpc) is 3.35. The number of pyridine rings is 1. The van der Waals surface area contributed by atoms with Gasteiger partial charge in [-0.1, -0.05) is 0 Å². The van der Waals surface area contributed by atoms with E-state index in [1.54, 1.807) is 30.5 Å². The number of carbonyl (C=O) groups excluding carboxylic acids is 2. The highest BCUT2D eigenvalue weighted by molar-refractivity contribution is 5.93. The lowest BCUT2D eigenvalue weighted by molar-refractivity contribution is -0.116. The molecule has 1 saturated carbocycles. The van der Waals surface area contributed by atoms with Crippen LogP contribution in [0.15, 0.2) is 42.6 Å². The number of amides is 3. The van der Waals surface area contributed by atoms with Crippen LogP contribution >= 0.6 is 0 Å². The molecule has 0 saturated heterocycles. The first-order valence-corrected chi connectivity index (χ1v) is 10.9. The van der Waals surface area contributed by atoms with E-state index in [9.17, 15) is 22.8 Å². The second-order valence-electron chi connectivity index (χ2n) is 8.44. The van der Waals surface area contributed by atoms with E-state index in [-0.39, 0.29) is 17.9 Å². The van der Waals surface area contributed by atoms with E-state index in [1.165, 1.54) is 0 Å². The van der Waals surface area contributed by atoms with Gasteiger partial charge in [0.2, 0.25) is 5.91 Å². The maximum Gasteiger partial charge on any atom is 0.319 e. The highest BCUT2D eigenvalue weighted by atomic mass is 19.2. The fraction of sp³-hybridized carbons (Fsp3) is 0.208. The molecule has 3 unspecified atom stereocenters. The van der Waals surface area contributed by atoms with Crippen molar-refractivity contribution < 1.29 is 32.2 Å². The fourth-order valence-corrected chi connectivity index (χ4v) is 4.50. The molecule has 3 aromatic rings. The van der Waals surface area contributed by atoms with Crippen LogP contribution in [0.5, 0.6) is 17.2 Å². The molecule has 3 aliphatic rings. The molecule has 0 radical (unpaired) electrons. The Labute approximate surface area is 196 Å². The smallest absolute Gasteiger partial charge is 0.319 e. The van der Waals surface area contributed by atoms with Crippen LogP contribution in [0.3, 0.4) is 0 Å². The van der Waals surface area contributed by atoms with Gasteiger partial charge in [0.05, 0.1) is 12.0 Å². The summed E-state index contributed by atoms with van der Waals surface area (Å²) in [4.78, 5) is 28.1. The van der Waals surface area contributed by atoms with Gasteiger partial charge in [0.25, 0.3) is 0 Å². The Morgan fingerprint density at radius 2 is 1.94 bits per heavy atom. The first-order valence-electron chi connectivity index (χ1n) is 10.9. The summed E-state index contributed by atoms with van der Waals surface area (Å²) in [5, 5.41) is 7.37. The lowest BCUT2D eigenvalue weighted by atomic mass is 10.1. The molecule has 178 valence electrons. The van der Waals surface area contributed by atoms with Gasteiger partial charge in [-0.15, -0.1) is 0 Å². The molecular weight excluding hydrogens is 465 g/mol. The Morgan fingerprint density at radius 1 is 1.11 bits per heavy atom. The highest BCUT2D eigenvalue weighted by Crippen LogP contribution is 2.54. The van der Waals surface area contributed by atoms with Crippen molar-refractivity contribution in [3.8, 4) is 17.2 Å². The van der Waals surface area contributed by atoms with Gasteiger partial charge in [0, 0.05) is 23.7 Å². The van der Waals surface area contributed by atoms with Crippen LogP contribution in [0.2, 0.25) is 0 Å². The zero-order chi connectivity index (χ0) is 24.3. The molecule has 3 heterocycles. The van der Waals surface area contributed by atoms with E-state index in [0.29, 0.717) is 42.0 Å². The van der Waals surface area contributed by atoms with Crippen LogP contribution in [0.25, 0.3) is 0 Å². The van der Waals surface area contributed by atoms with E-state index < -0.39 is 35.2 Å². The number of halogens is 3. The highest BCUT2D eigenvalue weighted by Gasteiger charge is 2.59. The largest absolute Gasteiger partial charge is 0.487 e. The number of benzene rings is 2. The topological polar surface area (TPSA) is 102 Å². The minimum atomic E-state index is -1.47. The molecule has 35 heavy (non-hydrogen) atoms. The monoisotopic (exact) mass is 482 g/mol. The van der Waals surface area contributed by atoms with Crippen molar-refractivity contribution in [3.05, 3.63) is 71.2 Å². The predicted molar refractivity (Wildman–Crippen MR) is 117 cm³/mol. The van der Waals surface area contributed by atoms with E-state index in [2.05, 4.69) is 15.6 Å². The molecule has 6 rings (SSSR count). The molecule has 1 aliphatic carbocycles. The molecule has 0 bridgehead atoms. The lowest BCUT2D eigenvalue weighted by Gasteiger charge is -2.19. The number of hydrogen-bond donors (Lipinski definition) is 3. The number of urea groups is 1. The van der Waals surface area contributed by atoms with E-state index in [4.69, 9.17) is 9.47 Å². The fourth-order valence-electron chi connectivity index (χ4n) is 4.50. The first kappa shape index (κ1) is 21.3. The van der Waals surface area contributed by atoms with Crippen molar-refractivity contribution in [2.24, 2.45) is 0 Å². The second-order valence-corrected chi connectivity index (χ2v) is 8.44. The zero-order valence-electron chi connectivity index (χ0n) is 17.9. The molecule has 0 spiro atoms. The van der Waals surface area contributed by atoms with Crippen LogP contribution < -0.4 is 25.4 Å². The van der Waals surface area contributed by atoms with Crippen molar-refractivity contribution in [1.82, 2.24) is 10.3 Å². The number of hydrogen-bond acceptors (Lipinski definition) is 5. The summed E-state index contributed by atoms with van der Waals surface area (Å²) in [5.74, 6) is -1.86. The summed E-state index contributed by atoms with van der Waals surface area (Å²) in [6.07, 6.45) is 2.07. The van der Waals surface area contributed by atoms with Crippen molar-refractivity contribution in [3.63, 3.8) is 0 Å². The van der Waals surface area contributed by atoms with Gasteiger partial charge < -0.3 is 25.4 Å². The molecule has 2 aliphatic heterocycles. The zero-order valence-corrected chi connectivity index (χ0v) is 17.9. The Bertz CT molecular complexity index is 1400. The molecule has 3 N–H and O–H groups in total. The molecule has 8 nitrogen and oxygen atoms in total. The quantitative estimate of drug-likeness (QED) is 0.484. The Morgan fingerprint density at radius 3 is 2.80 bits per heavy atom. The van der Waals surface area contributed by atoms with Gasteiger partial charge in [-0.25, -0.2) is 22.9 Å². The number of carbonyl (C=O) groups is 2. The molecule has 2 aromatic carbocycles. The minimum Gasteiger partial charge on any atom is -0.487 e. The molecule has 3 amide bonds. The van der Waals surface area contributed by atoms with Gasteiger partial charge in [0.1, 0.15) is 40.7 Å². The van der Waals surface area contributed by atoms with Gasteiger partial charge in [-0.2, -0.15) is 0 Å². The molecule has 1 aromatic heterocycles. The number of nitrogens with zero attached hydrogens (tertiary/aromatic N) is 1. The second kappa shape index (κ2) is 7.90. The normalized spacial score (nSPS) is 21.1. The van der Waals surface area contributed by atoms with E-state index >= 15 is 0 Å². The Hall–Kier alpha value is -4.28. The Balaban J connectivity index is 1.16. The van der Waals surface area contributed by atoms with Crippen LogP contribution in [0.1, 0.15) is 23.5 Å². The third-order valence-corrected chi connectivity index (χ3v) is 6.24. The first-order chi connectivity index (χ1) is 16.9. The van der Waals surface area contributed by atoms with Gasteiger partial charge in [0.15, 0.2) is 11.6 Å².